The van der Waals surface area contributed by atoms with E-state index in [4.69, 9.17) is 11.6 Å². The maximum absolute atomic E-state index is 12.2. The number of aromatic carboxylic acids is 1. The highest BCUT2D eigenvalue weighted by Gasteiger charge is 2.41. The lowest BCUT2D eigenvalue weighted by Gasteiger charge is -2.42. The third kappa shape index (κ3) is 4.35. The first-order chi connectivity index (χ1) is 13.4. The number of hydrogen-bond acceptors (Lipinski definition) is 4. The molecule has 1 fully saturated rings. The van der Waals surface area contributed by atoms with Gasteiger partial charge in [0.2, 0.25) is 0 Å². The van der Waals surface area contributed by atoms with Crippen LogP contribution in [0.15, 0.2) is 23.8 Å². The molecule has 1 aliphatic carbocycles. The molecule has 3 unspecified atom stereocenters. The van der Waals surface area contributed by atoms with Crippen LogP contribution in [-0.2, 0) is 11.2 Å². The molecule has 158 valence electrons. The molecule has 1 saturated carbocycles. The third-order valence-electron chi connectivity index (χ3n) is 6.57. The van der Waals surface area contributed by atoms with Gasteiger partial charge in [-0.25, -0.2) is 4.79 Å². The van der Waals surface area contributed by atoms with E-state index in [-0.39, 0.29) is 51.0 Å². The highest BCUT2D eigenvalue weighted by atomic mass is 35.5. The van der Waals surface area contributed by atoms with Crippen molar-refractivity contribution in [3.63, 3.8) is 0 Å². The first kappa shape index (κ1) is 23.0. The summed E-state index contributed by atoms with van der Waals surface area (Å²) in [6.45, 7) is 9.54. The van der Waals surface area contributed by atoms with Crippen LogP contribution in [0.4, 0.5) is 0 Å². The molecule has 0 heterocycles. The Hall–Kier alpha value is -2.27. The Morgan fingerprint density at radius 2 is 1.90 bits per heavy atom. The fraction of sp³-hybridized carbons (Fsp3) is 0.478. The normalized spacial score (nSPS) is 25.6. The van der Waals surface area contributed by atoms with Gasteiger partial charge >= 0.3 is 5.97 Å². The van der Waals surface area contributed by atoms with Crippen LogP contribution in [0.5, 0.6) is 11.5 Å². The van der Waals surface area contributed by atoms with Gasteiger partial charge in [-0.1, -0.05) is 56.2 Å². The van der Waals surface area contributed by atoms with Crippen LogP contribution >= 0.6 is 11.6 Å². The van der Waals surface area contributed by atoms with Gasteiger partial charge in [0.15, 0.2) is 0 Å². The molecule has 29 heavy (non-hydrogen) atoms. The monoisotopic (exact) mass is 420 g/mol. The second-order valence-corrected chi connectivity index (χ2v) is 8.65. The van der Waals surface area contributed by atoms with E-state index in [1.165, 1.54) is 6.92 Å². The summed E-state index contributed by atoms with van der Waals surface area (Å²) in [5.41, 5.74) is 0.525. The number of rotatable bonds is 5. The summed E-state index contributed by atoms with van der Waals surface area (Å²) < 4.78 is 0. The molecule has 3 atom stereocenters. The Balaban J connectivity index is 2.32. The van der Waals surface area contributed by atoms with Crippen molar-refractivity contribution in [3.05, 3.63) is 45.5 Å². The number of halogens is 1. The van der Waals surface area contributed by atoms with Gasteiger partial charge in [-0.05, 0) is 43.6 Å². The standard InChI is InChI=1S/C23H29ClO5/c1-12(10-11-23(5)13(2)7-9-17(25)15(23)4)6-8-16-20(26)18(22(28)29)14(3)19(24)21(16)27/h6,10-11,13,15,26-27H,7-9H2,1-5H3,(H,28,29). The molecule has 0 bridgehead atoms. The maximum atomic E-state index is 12.2. The molecule has 0 aliphatic heterocycles. The topological polar surface area (TPSA) is 94.8 Å². The minimum Gasteiger partial charge on any atom is -0.507 e. The van der Waals surface area contributed by atoms with Crippen molar-refractivity contribution in [2.45, 2.75) is 53.9 Å². The van der Waals surface area contributed by atoms with E-state index in [0.717, 1.165) is 12.0 Å². The minimum absolute atomic E-state index is 0.0579. The molecule has 1 aliphatic rings. The highest BCUT2D eigenvalue weighted by molar-refractivity contribution is 6.33. The van der Waals surface area contributed by atoms with Gasteiger partial charge in [0, 0.05) is 17.9 Å². The average Bonchev–Trinajstić information content (AvgIpc) is 2.66. The summed E-state index contributed by atoms with van der Waals surface area (Å²) in [5, 5.41) is 29.9. The van der Waals surface area contributed by atoms with E-state index in [1.54, 1.807) is 6.08 Å². The van der Waals surface area contributed by atoms with Crippen molar-refractivity contribution in [2.24, 2.45) is 17.3 Å². The molecule has 3 N–H and O–H groups in total. The molecule has 0 radical (unpaired) electrons. The van der Waals surface area contributed by atoms with E-state index in [9.17, 15) is 24.9 Å². The Labute approximate surface area is 176 Å². The molecule has 0 spiro atoms. The van der Waals surface area contributed by atoms with E-state index in [1.807, 2.05) is 19.9 Å². The number of phenolic OH excluding ortho intramolecular Hbond substituents is 1. The van der Waals surface area contributed by atoms with Gasteiger partial charge in [0.05, 0.1) is 5.02 Å². The molecule has 6 heteroatoms. The van der Waals surface area contributed by atoms with Crippen molar-refractivity contribution in [1.29, 1.82) is 0 Å². The number of carboxylic acids is 1. The number of ketones is 1. The highest BCUT2D eigenvalue weighted by Crippen LogP contribution is 2.45. The maximum Gasteiger partial charge on any atom is 0.339 e. The third-order valence-corrected chi connectivity index (χ3v) is 7.03. The molecule has 0 saturated heterocycles. The van der Waals surface area contributed by atoms with Gasteiger partial charge in [-0.15, -0.1) is 0 Å². The van der Waals surface area contributed by atoms with Gasteiger partial charge in [0.1, 0.15) is 22.8 Å². The SMILES string of the molecule is CC(C=CC1(C)C(C)CCC(=O)C1C)=CCc1c(O)c(Cl)c(C)c(C(=O)O)c1O. The van der Waals surface area contributed by atoms with Crippen molar-refractivity contribution in [1.82, 2.24) is 0 Å². The van der Waals surface area contributed by atoms with Gasteiger partial charge in [-0.2, -0.15) is 0 Å². The summed E-state index contributed by atoms with van der Waals surface area (Å²) in [5.74, 6) is -1.49. The molecule has 2 rings (SSSR count). The Bertz CT molecular complexity index is 899. The number of hydrogen-bond donors (Lipinski definition) is 3. The smallest absolute Gasteiger partial charge is 0.339 e. The predicted molar refractivity (Wildman–Crippen MR) is 114 cm³/mol. The molecule has 1 aromatic rings. The first-order valence-corrected chi connectivity index (χ1v) is 10.1. The zero-order chi connectivity index (χ0) is 22.1. The Kier molecular flexibility index (Phi) is 6.84. The van der Waals surface area contributed by atoms with Crippen LogP contribution in [0, 0.1) is 24.2 Å². The van der Waals surface area contributed by atoms with E-state index >= 15 is 0 Å². The fourth-order valence-electron chi connectivity index (χ4n) is 3.93. The summed E-state index contributed by atoms with van der Waals surface area (Å²) in [7, 11) is 0. The molecule has 1 aromatic carbocycles. The Morgan fingerprint density at radius 1 is 1.28 bits per heavy atom. The van der Waals surface area contributed by atoms with E-state index < -0.39 is 11.7 Å². The van der Waals surface area contributed by atoms with E-state index in [0.29, 0.717) is 12.3 Å². The lowest BCUT2D eigenvalue weighted by Crippen LogP contribution is -2.40. The summed E-state index contributed by atoms with van der Waals surface area (Å²) in [6.07, 6.45) is 7.40. The minimum atomic E-state index is -1.30. The van der Waals surface area contributed by atoms with Gasteiger partial charge < -0.3 is 15.3 Å². The van der Waals surface area contributed by atoms with Gasteiger partial charge in [-0.3, -0.25) is 4.79 Å². The predicted octanol–water partition coefficient (Wildman–Crippen LogP) is 5.44. The van der Waals surface area contributed by atoms with E-state index in [2.05, 4.69) is 19.9 Å². The van der Waals surface area contributed by atoms with Crippen molar-refractivity contribution in [3.8, 4) is 11.5 Å². The number of aromatic hydroxyl groups is 2. The van der Waals surface area contributed by atoms with Crippen molar-refractivity contribution < 1.29 is 24.9 Å². The number of benzene rings is 1. The van der Waals surface area contributed by atoms with Crippen LogP contribution in [-0.4, -0.2) is 27.1 Å². The molecule has 5 nitrogen and oxygen atoms in total. The molecule has 0 amide bonds. The summed E-state index contributed by atoms with van der Waals surface area (Å²) >= 11 is 6.06. The molecular formula is C23H29ClO5. The number of Topliss-reactive ketones (excluding diaryl/α,β-unsaturated/α-hetero) is 1. The van der Waals surface area contributed by atoms with Crippen molar-refractivity contribution >= 4 is 23.4 Å². The number of carbonyl (C=O) groups is 2. The first-order valence-electron chi connectivity index (χ1n) is 9.76. The lowest BCUT2D eigenvalue weighted by molar-refractivity contribution is -0.129. The zero-order valence-electron chi connectivity index (χ0n) is 17.5. The van der Waals surface area contributed by atoms with Gasteiger partial charge in [0.25, 0.3) is 0 Å². The number of carbonyl (C=O) groups excluding carboxylic acids is 1. The average molecular weight is 421 g/mol. The van der Waals surface area contributed by atoms with Crippen LogP contribution in [0.25, 0.3) is 0 Å². The summed E-state index contributed by atoms with van der Waals surface area (Å²) in [4.78, 5) is 23.6. The molecule has 0 aromatic heterocycles. The number of phenols is 2. The lowest BCUT2D eigenvalue weighted by atomic mass is 9.61. The molecular weight excluding hydrogens is 392 g/mol. The fourth-order valence-corrected chi connectivity index (χ4v) is 4.13. The quantitative estimate of drug-likeness (QED) is 0.551. The van der Waals surface area contributed by atoms with Crippen LogP contribution < -0.4 is 0 Å². The number of allylic oxidation sites excluding steroid dienone is 4. The van der Waals surface area contributed by atoms with Crippen LogP contribution in [0.3, 0.4) is 0 Å². The largest absolute Gasteiger partial charge is 0.507 e. The van der Waals surface area contributed by atoms with Crippen LogP contribution in [0.2, 0.25) is 5.02 Å². The van der Waals surface area contributed by atoms with Crippen molar-refractivity contribution in [2.75, 3.05) is 0 Å². The Morgan fingerprint density at radius 3 is 2.48 bits per heavy atom. The second kappa shape index (κ2) is 8.62. The number of carboxylic acid groups (broad SMARTS) is 1. The van der Waals surface area contributed by atoms with Crippen LogP contribution in [0.1, 0.15) is 62.0 Å². The second-order valence-electron chi connectivity index (χ2n) is 8.27. The zero-order valence-corrected chi connectivity index (χ0v) is 18.3. The summed E-state index contributed by atoms with van der Waals surface area (Å²) in [6, 6.07) is 0.